The summed E-state index contributed by atoms with van der Waals surface area (Å²) in [4.78, 5) is 11.3. The Morgan fingerprint density at radius 3 is 2.71 bits per heavy atom. The van der Waals surface area contributed by atoms with Gasteiger partial charge in [0.05, 0.1) is 18.7 Å². The van der Waals surface area contributed by atoms with Gasteiger partial charge in [0.15, 0.2) is 0 Å². The number of halogens is 2. The summed E-state index contributed by atoms with van der Waals surface area (Å²) in [5.74, 6) is -1.04. The molecule has 6 heteroatoms. The van der Waals surface area contributed by atoms with E-state index in [1.54, 1.807) is 0 Å². The van der Waals surface area contributed by atoms with Crippen molar-refractivity contribution in [2.45, 2.75) is 6.10 Å². The number of rotatable bonds is 5. The third kappa shape index (κ3) is 3.87. The molecule has 0 amide bonds. The summed E-state index contributed by atoms with van der Waals surface area (Å²) in [5, 5.41) is -0.0151. The first-order valence-electron chi connectivity index (χ1n) is 4.77. The van der Waals surface area contributed by atoms with Crippen LogP contribution in [0.15, 0.2) is 18.2 Å². The Morgan fingerprint density at radius 2 is 2.18 bits per heavy atom. The van der Waals surface area contributed by atoms with E-state index in [0.717, 1.165) is 6.07 Å². The molecule has 0 bridgehead atoms. The molecule has 0 fully saturated rings. The highest BCUT2D eigenvalue weighted by atomic mass is 35.5. The molecule has 0 spiro atoms. The fourth-order valence-electron chi connectivity index (χ4n) is 1.15. The maximum atomic E-state index is 13.1. The molecule has 0 heterocycles. The average Bonchev–Trinajstić information content (AvgIpc) is 2.32. The molecular weight excluding hydrogens is 251 g/mol. The standard InChI is InChI=1S/C11H12ClFO4/c1-15-6-10(11(14)16-2)17-7-3-4-8(12)9(13)5-7/h3-5,10H,6H2,1-2H3. The van der Waals surface area contributed by atoms with E-state index in [1.807, 2.05) is 0 Å². The van der Waals surface area contributed by atoms with Crippen LogP contribution in [-0.2, 0) is 14.3 Å². The fourth-order valence-corrected chi connectivity index (χ4v) is 1.26. The van der Waals surface area contributed by atoms with E-state index >= 15 is 0 Å². The molecule has 0 saturated carbocycles. The van der Waals surface area contributed by atoms with Crippen molar-refractivity contribution in [1.29, 1.82) is 0 Å². The molecule has 1 aromatic carbocycles. The van der Waals surface area contributed by atoms with Crippen molar-refractivity contribution in [2.75, 3.05) is 20.8 Å². The van der Waals surface area contributed by atoms with Gasteiger partial charge in [-0.1, -0.05) is 11.6 Å². The Bertz CT molecular complexity index is 397. The van der Waals surface area contributed by atoms with Crippen LogP contribution in [0.3, 0.4) is 0 Å². The van der Waals surface area contributed by atoms with Gasteiger partial charge >= 0.3 is 5.97 Å². The van der Waals surface area contributed by atoms with Crippen molar-refractivity contribution < 1.29 is 23.4 Å². The molecule has 1 atom stereocenters. The predicted molar refractivity (Wildman–Crippen MR) is 59.7 cm³/mol. The van der Waals surface area contributed by atoms with Gasteiger partial charge in [0.25, 0.3) is 0 Å². The zero-order valence-electron chi connectivity index (χ0n) is 9.41. The van der Waals surface area contributed by atoms with Crippen LogP contribution in [0.4, 0.5) is 4.39 Å². The summed E-state index contributed by atoms with van der Waals surface area (Å²) in [6.07, 6.45) is -0.939. The molecule has 17 heavy (non-hydrogen) atoms. The van der Waals surface area contributed by atoms with Gasteiger partial charge in [-0.2, -0.15) is 0 Å². The Labute approximate surface area is 103 Å². The van der Waals surface area contributed by atoms with Crippen LogP contribution in [0.5, 0.6) is 5.75 Å². The van der Waals surface area contributed by atoms with Crippen molar-refractivity contribution in [2.24, 2.45) is 0 Å². The number of carbonyl (C=O) groups is 1. The fraction of sp³-hybridized carbons (Fsp3) is 0.364. The van der Waals surface area contributed by atoms with Crippen LogP contribution in [-0.4, -0.2) is 32.9 Å². The summed E-state index contributed by atoms with van der Waals surface area (Å²) in [7, 11) is 2.65. The lowest BCUT2D eigenvalue weighted by Gasteiger charge is -2.16. The van der Waals surface area contributed by atoms with Crippen molar-refractivity contribution in [1.82, 2.24) is 0 Å². The van der Waals surface area contributed by atoms with Gasteiger partial charge in [-0.05, 0) is 12.1 Å². The zero-order chi connectivity index (χ0) is 12.8. The van der Waals surface area contributed by atoms with Gasteiger partial charge in [0.1, 0.15) is 11.6 Å². The molecular formula is C11H12ClFO4. The maximum Gasteiger partial charge on any atom is 0.349 e. The van der Waals surface area contributed by atoms with Crippen LogP contribution >= 0.6 is 11.6 Å². The number of carbonyl (C=O) groups excluding carboxylic acids is 1. The van der Waals surface area contributed by atoms with Gasteiger partial charge in [0, 0.05) is 13.2 Å². The zero-order valence-corrected chi connectivity index (χ0v) is 10.2. The van der Waals surface area contributed by atoms with E-state index in [2.05, 4.69) is 4.74 Å². The summed E-state index contributed by atoms with van der Waals surface area (Å²) in [6.45, 7) is 0.0108. The minimum absolute atomic E-state index is 0.0108. The summed E-state index contributed by atoms with van der Waals surface area (Å²) in [6, 6.07) is 3.89. The highest BCUT2D eigenvalue weighted by Gasteiger charge is 2.21. The molecule has 0 saturated heterocycles. The molecule has 0 aromatic heterocycles. The second-order valence-electron chi connectivity index (χ2n) is 3.16. The second kappa shape index (κ2) is 6.42. The first-order chi connectivity index (χ1) is 8.08. The average molecular weight is 263 g/mol. The van der Waals surface area contributed by atoms with Crippen molar-refractivity contribution >= 4 is 17.6 Å². The molecule has 0 aliphatic heterocycles. The number of hydrogen-bond donors (Lipinski definition) is 0. The number of ether oxygens (including phenoxy) is 3. The maximum absolute atomic E-state index is 13.1. The Hall–Kier alpha value is -1.33. The van der Waals surface area contributed by atoms with E-state index in [4.69, 9.17) is 21.1 Å². The summed E-state index contributed by atoms with van der Waals surface area (Å²) in [5.41, 5.74) is 0. The van der Waals surface area contributed by atoms with Gasteiger partial charge in [-0.25, -0.2) is 9.18 Å². The van der Waals surface area contributed by atoms with Crippen LogP contribution in [0, 0.1) is 5.82 Å². The van der Waals surface area contributed by atoms with Crippen LogP contribution in [0.1, 0.15) is 0 Å². The monoisotopic (exact) mass is 262 g/mol. The van der Waals surface area contributed by atoms with Crippen LogP contribution < -0.4 is 4.74 Å². The molecule has 0 N–H and O–H groups in total. The number of hydrogen-bond acceptors (Lipinski definition) is 4. The van der Waals surface area contributed by atoms with Crippen LogP contribution in [0.25, 0.3) is 0 Å². The lowest BCUT2D eigenvalue weighted by molar-refractivity contribution is -0.151. The SMILES string of the molecule is COCC(Oc1ccc(Cl)c(F)c1)C(=O)OC. The lowest BCUT2D eigenvalue weighted by atomic mass is 10.3. The first kappa shape index (κ1) is 13.7. The Balaban J connectivity index is 2.78. The number of benzene rings is 1. The highest BCUT2D eigenvalue weighted by molar-refractivity contribution is 6.30. The Kier molecular flexibility index (Phi) is 5.18. The van der Waals surface area contributed by atoms with Gasteiger partial charge < -0.3 is 14.2 Å². The van der Waals surface area contributed by atoms with Crippen molar-refractivity contribution in [3.63, 3.8) is 0 Å². The van der Waals surface area contributed by atoms with E-state index in [-0.39, 0.29) is 17.4 Å². The van der Waals surface area contributed by atoms with Crippen molar-refractivity contribution in [3.05, 3.63) is 29.0 Å². The van der Waals surface area contributed by atoms with E-state index in [1.165, 1.54) is 26.4 Å². The van der Waals surface area contributed by atoms with Gasteiger partial charge in [0.2, 0.25) is 6.10 Å². The molecule has 94 valence electrons. The normalized spacial score (nSPS) is 12.0. The minimum Gasteiger partial charge on any atom is -0.476 e. The highest BCUT2D eigenvalue weighted by Crippen LogP contribution is 2.21. The van der Waals surface area contributed by atoms with E-state index in [0.29, 0.717) is 0 Å². The minimum atomic E-state index is -0.939. The van der Waals surface area contributed by atoms with Crippen LogP contribution in [0.2, 0.25) is 5.02 Å². The molecule has 1 rings (SSSR count). The Morgan fingerprint density at radius 1 is 1.47 bits per heavy atom. The smallest absolute Gasteiger partial charge is 0.349 e. The van der Waals surface area contributed by atoms with Crippen molar-refractivity contribution in [3.8, 4) is 5.75 Å². The molecule has 0 aliphatic carbocycles. The molecule has 0 radical (unpaired) electrons. The summed E-state index contributed by atoms with van der Waals surface area (Å²) >= 11 is 5.52. The second-order valence-corrected chi connectivity index (χ2v) is 3.57. The number of methoxy groups -OCH3 is 2. The molecule has 4 nitrogen and oxygen atoms in total. The van der Waals surface area contributed by atoms with E-state index < -0.39 is 17.9 Å². The van der Waals surface area contributed by atoms with Gasteiger partial charge in [-0.3, -0.25) is 0 Å². The van der Waals surface area contributed by atoms with E-state index in [9.17, 15) is 9.18 Å². The largest absolute Gasteiger partial charge is 0.476 e. The molecule has 1 aromatic rings. The van der Waals surface area contributed by atoms with Gasteiger partial charge in [-0.15, -0.1) is 0 Å². The first-order valence-corrected chi connectivity index (χ1v) is 5.14. The third-order valence-electron chi connectivity index (χ3n) is 1.95. The predicted octanol–water partition coefficient (Wildman–Crippen LogP) is 2.05. The topological polar surface area (TPSA) is 44.8 Å². The molecule has 1 unspecified atom stereocenters. The summed E-state index contributed by atoms with van der Waals surface area (Å²) < 4.78 is 27.7. The quantitative estimate of drug-likeness (QED) is 0.762. The lowest BCUT2D eigenvalue weighted by Crippen LogP contribution is -2.32. The number of esters is 1. The third-order valence-corrected chi connectivity index (χ3v) is 2.26. The molecule has 0 aliphatic rings.